The van der Waals surface area contributed by atoms with Crippen molar-refractivity contribution in [1.29, 1.82) is 0 Å². The largest absolute Gasteiger partial charge is 0.417 e. The van der Waals surface area contributed by atoms with Crippen molar-refractivity contribution >= 4 is 29.1 Å². The molecule has 2 amide bonds. The highest BCUT2D eigenvalue weighted by molar-refractivity contribution is 6.31. The summed E-state index contributed by atoms with van der Waals surface area (Å²) >= 11 is 5.60. The quantitative estimate of drug-likeness (QED) is 0.573. The fraction of sp³-hybridized carbons (Fsp3) is 0.375. The zero-order valence-corrected chi connectivity index (χ0v) is 13.1. The minimum Gasteiger partial charge on any atom is -0.362 e. The van der Waals surface area contributed by atoms with Crippen LogP contribution in [0.2, 0.25) is 5.02 Å². The topological polar surface area (TPSA) is 46.6 Å². The van der Waals surface area contributed by atoms with E-state index in [9.17, 15) is 22.8 Å². The van der Waals surface area contributed by atoms with Crippen LogP contribution in [0.3, 0.4) is 0 Å². The molecule has 0 aliphatic carbocycles. The Morgan fingerprint density at radius 1 is 1.25 bits per heavy atom. The number of halogens is 4. The average molecular weight is 358 g/mol. The van der Waals surface area contributed by atoms with Crippen LogP contribution in [0.4, 0.5) is 18.9 Å². The number of fused-ring (bicyclic) bond motifs is 5. The molecule has 0 aromatic heterocycles. The number of carbonyl (C=O) groups is 2. The Balaban J connectivity index is 1.77. The van der Waals surface area contributed by atoms with Gasteiger partial charge in [-0.05, 0) is 25.1 Å². The second-order valence-electron chi connectivity index (χ2n) is 6.30. The fourth-order valence-corrected chi connectivity index (χ4v) is 4.00. The molecule has 3 aliphatic heterocycles. The van der Waals surface area contributed by atoms with E-state index in [0.29, 0.717) is 0 Å². The van der Waals surface area contributed by atoms with Gasteiger partial charge in [0.1, 0.15) is 0 Å². The van der Waals surface area contributed by atoms with Gasteiger partial charge in [-0.15, -0.1) is 0 Å². The number of benzene rings is 1. The number of anilines is 1. The molecule has 4 rings (SSSR count). The van der Waals surface area contributed by atoms with E-state index in [-0.39, 0.29) is 5.69 Å². The monoisotopic (exact) mass is 357 g/mol. The first-order valence-corrected chi connectivity index (χ1v) is 7.63. The van der Waals surface area contributed by atoms with E-state index in [0.717, 1.165) is 17.0 Å². The van der Waals surface area contributed by atoms with Gasteiger partial charge in [0.2, 0.25) is 11.8 Å². The number of rotatable bonds is 1. The van der Waals surface area contributed by atoms with Crippen molar-refractivity contribution < 1.29 is 27.5 Å². The van der Waals surface area contributed by atoms with Crippen LogP contribution >= 0.6 is 11.6 Å². The molecule has 2 bridgehead atoms. The summed E-state index contributed by atoms with van der Waals surface area (Å²) in [6.45, 7) is 1.70. The summed E-state index contributed by atoms with van der Waals surface area (Å²) in [7, 11) is 0. The lowest BCUT2D eigenvalue weighted by molar-refractivity contribution is -0.137. The number of carbonyl (C=O) groups excluding carboxylic acids is 2. The maximum Gasteiger partial charge on any atom is 0.417 e. The average Bonchev–Trinajstić information content (AvgIpc) is 3.08. The first-order valence-electron chi connectivity index (χ1n) is 7.25. The molecular formula is C16H11ClF3NO3. The number of nitrogens with zero attached hydrogens (tertiary/aromatic N) is 1. The molecule has 2 saturated heterocycles. The van der Waals surface area contributed by atoms with Gasteiger partial charge in [-0.2, -0.15) is 13.2 Å². The molecule has 24 heavy (non-hydrogen) atoms. The molecule has 3 heterocycles. The van der Waals surface area contributed by atoms with Crippen LogP contribution in [0, 0.1) is 11.8 Å². The SMILES string of the molecule is C[C@]12C=C[C@H](O1)[C@H]1C(=O)N(c3ccc(Cl)c(C(F)(F)F)c3)C(=O)[C@@H]12. The molecule has 8 heteroatoms. The highest BCUT2D eigenvalue weighted by Gasteiger charge is 2.66. The minimum atomic E-state index is -4.68. The van der Waals surface area contributed by atoms with Crippen LogP contribution < -0.4 is 4.90 Å². The first kappa shape index (κ1) is 15.7. The Morgan fingerprint density at radius 2 is 1.96 bits per heavy atom. The number of amides is 2. The second kappa shape index (κ2) is 4.61. The van der Waals surface area contributed by atoms with Crippen molar-refractivity contribution in [2.24, 2.45) is 11.8 Å². The molecule has 4 atom stereocenters. The van der Waals surface area contributed by atoms with E-state index in [1.807, 2.05) is 0 Å². The van der Waals surface area contributed by atoms with Crippen molar-refractivity contribution in [3.8, 4) is 0 Å². The second-order valence-corrected chi connectivity index (χ2v) is 6.71. The van der Waals surface area contributed by atoms with E-state index < -0.39 is 52.1 Å². The van der Waals surface area contributed by atoms with E-state index in [1.165, 1.54) is 6.07 Å². The van der Waals surface area contributed by atoms with Crippen LogP contribution in [-0.2, 0) is 20.5 Å². The van der Waals surface area contributed by atoms with Gasteiger partial charge in [0, 0.05) is 0 Å². The van der Waals surface area contributed by atoms with Gasteiger partial charge >= 0.3 is 6.18 Å². The van der Waals surface area contributed by atoms with E-state index in [4.69, 9.17) is 16.3 Å². The fourth-order valence-electron chi connectivity index (χ4n) is 3.78. The van der Waals surface area contributed by atoms with E-state index in [2.05, 4.69) is 0 Å². The van der Waals surface area contributed by atoms with Crippen molar-refractivity contribution in [1.82, 2.24) is 0 Å². The van der Waals surface area contributed by atoms with Crippen molar-refractivity contribution in [2.75, 3.05) is 4.90 Å². The Labute approximate surface area is 139 Å². The Morgan fingerprint density at radius 3 is 2.58 bits per heavy atom. The third-order valence-corrected chi connectivity index (χ3v) is 5.17. The van der Waals surface area contributed by atoms with Crippen LogP contribution in [0.25, 0.3) is 0 Å². The third-order valence-electron chi connectivity index (χ3n) is 4.84. The van der Waals surface area contributed by atoms with E-state index in [1.54, 1.807) is 19.1 Å². The Bertz CT molecular complexity index is 806. The molecule has 126 valence electrons. The Kier molecular flexibility index (Phi) is 3.01. The van der Waals surface area contributed by atoms with Crippen LogP contribution in [0.1, 0.15) is 12.5 Å². The summed E-state index contributed by atoms with van der Waals surface area (Å²) in [6, 6.07) is 3.02. The van der Waals surface area contributed by atoms with Gasteiger partial charge in [0.05, 0.1) is 39.8 Å². The molecule has 2 fully saturated rings. The van der Waals surface area contributed by atoms with Crippen LogP contribution in [-0.4, -0.2) is 23.5 Å². The molecular weight excluding hydrogens is 347 g/mol. The normalized spacial score (nSPS) is 34.4. The number of hydrogen-bond acceptors (Lipinski definition) is 3. The number of ether oxygens (including phenoxy) is 1. The summed E-state index contributed by atoms with van der Waals surface area (Å²) in [4.78, 5) is 26.2. The van der Waals surface area contributed by atoms with Gasteiger partial charge in [-0.3, -0.25) is 9.59 Å². The molecule has 0 N–H and O–H groups in total. The maximum atomic E-state index is 13.0. The van der Waals surface area contributed by atoms with Gasteiger partial charge < -0.3 is 4.74 Å². The van der Waals surface area contributed by atoms with E-state index >= 15 is 0 Å². The molecule has 0 spiro atoms. The minimum absolute atomic E-state index is 0.126. The molecule has 1 aromatic rings. The van der Waals surface area contributed by atoms with Gasteiger partial charge in [0.25, 0.3) is 0 Å². The predicted octanol–water partition coefficient (Wildman–Crippen LogP) is 3.19. The maximum absolute atomic E-state index is 13.0. The molecule has 0 radical (unpaired) electrons. The smallest absolute Gasteiger partial charge is 0.362 e. The number of imide groups is 1. The third kappa shape index (κ3) is 1.91. The number of alkyl halides is 3. The summed E-state index contributed by atoms with van der Waals surface area (Å²) in [5.74, 6) is -2.50. The zero-order valence-electron chi connectivity index (χ0n) is 12.3. The summed E-state index contributed by atoms with van der Waals surface area (Å²) in [6.07, 6.45) is -1.74. The molecule has 1 aromatic carbocycles. The van der Waals surface area contributed by atoms with Crippen molar-refractivity contribution in [3.05, 3.63) is 40.9 Å². The molecule has 3 aliphatic rings. The highest BCUT2D eigenvalue weighted by Crippen LogP contribution is 2.52. The highest BCUT2D eigenvalue weighted by atomic mass is 35.5. The molecule has 0 unspecified atom stereocenters. The lowest BCUT2D eigenvalue weighted by Gasteiger charge is -2.24. The van der Waals surface area contributed by atoms with Crippen LogP contribution in [0.5, 0.6) is 0 Å². The van der Waals surface area contributed by atoms with Gasteiger partial charge in [-0.25, -0.2) is 4.90 Å². The van der Waals surface area contributed by atoms with Crippen molar-refractivity contribution in [3.63, 3.8) is 0 Å². The molecule has 4 nitrogen and oxygen atoms in total. The Hall–Kier alpha value is -1.86. The standard InChI is InChI=1S/C16H11ClF3NO3/c1-15-5-4-10(24-15)11-12(15)14(23)21(13(11)22)7-2-3-9(17)8(6-7)16(18,19)20/h2-6,10-12H,1H3/t10-,11+,12+,15+/m0/s1. The number of hydrogen-bond donors (Lipinski definition) is 0. The van der Waals surface area contributed by atoms with Crippen molar-refractivity contribution in [2.45, 2.75) is 24.8 Å². The predicted molar refractivity (Wildman–Crippen MR) is 78.3 cm³/mol. The first-order chi connectivity index (χ1) is 11.1. The lowest BCUT2D eigenvalue weighted by atomic mass is 9.78. The lowest BCUT2D eigenvalue weighted by Crippen LogP contribution is -2.38. The summed E-state index contributed by atoms with van der Waals surface area (Å²) in [5.41, 5.74) is -2.10. The molecule has 0 saturated carbocycles. The zero-order chi connectivity index (χ0) is 17.4. The van der Waals surface area contributed by atoms with Gasteiger partial charge in [0.15, 0.2) is 0 Å². The van der Waals surface area contributed by atoms with Gasteiger partial charge in [-0.1, -0.05) is 23.8 Å². The summed E-state index contributed by atoms with van der Waals surface area (Å²) in [5, 5.41) is -0.484. The summed E-state index contributed by atoms with van der Waals surface area (Å²) < 4.78 is 44.8. The van der Waals surface area contributed by atoms with Crippen LogP contribution in [0.15, 0.2) is 30.4 Å².